The number of hydrogen-bond donors (Lipinski definition) is 0. The summed E-state index contributed by atoms with van der Waals surface area (Å²) < 4.78 is 0. The van der Waals surface area contributed by atoms with Crippen molar-refractivity contribution < 1.29 is 4.79 Å². The van der Waals surface area contributed by atoms with Gasteiger partial charge >= 0.3 is 0 Å². The molecule has 0 spiro atoms. The number of carbonyl (C=O) groups is 1. The molecular formula is C29H24N2O. The number of rotatable bonds is 2. The van der Waals surface area contributed by atoms with Crippen LogP contribution >= 0.6 is 0 Å². The van der Waals surface area contributed by atoms with Gasteiger partial charge < -0.3 is 9.80 Å². The fraction of sp³-hybridized carbons (Fsp3) is 0.138. The average Bonchev–Trinajstić information content (AvgIpc) is 2.83. The second kappa shape index (κ2) is 7.10. The van der Waals surface area contributed by atoms with Crippen LogP contribution in [-0.4, -0.2) is 19.9 Å². The minimum atomic E-state index is 0.110. The molecule has 0 aliphatic carbocycles. The Bertz CT molecular complexity index is 1280. The lowest BCUT2D eigenvalue weighted by Gasteiger charge is -2.32. The first-order valence-electron chi connectivity index (χ1n) is 11.0. The van der Waals surface area contributed by atoms with E-state index in [1.54, 1.807) is 0 Å². The van der Waals surface area contributed by atoms with Gasteiger partial charge in [-0.05, 0) is 46.5 Å². The van der Waals surface area contributed by atoms with Crippen LogP contribution in [0.1, 0.15) is 38.2 Å². The van der Waals surface area contributed by atoms with Gasteiger partial charge in [0, 0.05) is 60.8 Å². The molecule has 6 rings (SSSR count). The minimum absolute atomic E-state index is 0.110. The topological polar surface area (TPSA) is 23.6 Å². The smallest absolute Gasteiger partial charge is 0.193 e. The number of benzene rings is 4. The Morgan fingerprint density at radius 2 is 0.969 bits per heavy atom. The molecule has 156 valence electrons. The highest BCUT2D eigenvalue weighted by Gasteiger charge is 2.28. The van der Waals surface area contributed by atoms with Gasteiger partial charge in [0.2, 0.25) is 0 Å². The summed E-state index contributed by atoms with van der Waals surface area (Å²) >= 11 is 0. The summed E-state index contributed by atoms with van der Waals surface area (Å²) in [5.41, 5.74) is 11.0. The van der Waals surface area contributed by atoms with Crippen molar-refractivity contribution in [1.29, 1.82) is 0 Å². The monoisotopic (exact) mass is 416 g/mol. The second-order valence-electron chi connectivity index (χ2n) is 8.66. The molecule has 0 aromatic heterocycles. The average molecular weight is 417 g/mol. The third kappa shape index (κ3) is 2.71. The summed E-state index contributed by atoms with van der Waals surface area (Å²) in [5.74, 6) is 0.110. The summed E-state index contributed by atoms with van der Waals surface area (Å²) in [5, 5.41) is 0. The summed E-state index contributed by atoms with van der Waals surface area (Å²) in [6.07, 6.45) is 1.55. The third-order valence-electron chi connectivity index (χ3n) is 6.95. The maximum atomic E-state index is 14.0. The van der Waals surface area contributed by atoms with Crippen LogP contribution in [0.4, 0.5) is 22.7 Å². The van der Waals surface area contributed by atoms with E-state index >= 15 is 0 Å². The largest absolute Gasteiger partial charge is 0.344 e. The van der Waals surface area contributed by atoms with Crippen molar-refractivity contribution in [2.24, 2.45) is 0 Å². The van der Waals surface area contributed by atoms with Crippen LogP contribution in [-0.2, 0) is 12.8 Å². The number of nitrogens with zero attached hydrogens (tertiary/aromatic N) is 2. The van der Waals surface area contributed by atoms with E-state index in [4.69, 9.17) is 0 Å². The van der Waals surface area contributed by atoms with Crippen LogP contribution in [0.15, 0.2) is 84.9 Å². The molecule has 0 saturated carbocycles. The van der Waals surface area contributed by atoms with Crippen molar-refractivity contribution in [3.8, 4) is 0 Å². The summed E-state index contributed by atoms with van der Waals surface area (Å²) in [7, 11) is 4.17. The first-order chi connectivity index (χ1) is 15.6. The van der Waals surface area contributed by atoms with E-state index in [0.717, 1.165) is 46.5 Å². The number of hydrogen-bond acceptors (Lipinski definition) is 3. The Hall–Kier alpha value is -3.85. The third-order valence-corrected chi connectivity index (χ3v) is 6.95. The second-order valence-corrected chi connectivity index (χ2v) is 8.66. The van der Waals surface area contributed by atoms with E-state index < -0.39 is 0 Å². The van der Waals surface area contributed by atoms with Gasteiger partial charge in [-0.15, -0.1) is 0 Å². The molecule has 3 heteroatoms. The van der Waals surface area contributed by atoms with E-state index in [0.29, 0.717) is 0 Å². The predicted molar refractivity (Wildman–Crippen MR) is 131 cm³/mol. The zero-order chi connectivity index (χ0) is 21.8. The van der Waals surface area contributed by atoms with Crippen LogP contribution in [0.3, 0.4) is 0 Å². The lowest BCUT2D eigenvalue weighted by Crippen LogP contribution is -2.23. The van der Waals surface area contributed by atoms with Crippen molar-refractivity contribution in [3.05, 3.63) is 118 Å². The van der Waals surface area contributed by atoms with Crippen molar-refractivity contribution in [2.45, 2.75) is 12.8 Å². The highest BCUT2D eigenvalue weighted by molar-refractivity contribution is 6.13. The van der Waals surface area contributed by atoms with Gasteiger partial charge in [-0.2, -0.15) is 0 Å². The molecule has 3 nitrogen and oxygen atoms in total. The lowest BCUT2D eigenvalue weighted by atomic mass is 9.85. The van der Waals surface area contributed by atoms with E-state index in [1.807, 2.05) is 24.3 Å². The zero-order valence-electron chi connectivity index (χ0n) is 18.3. The number of anilines is 4. The molecule has 2 aliphatic heterocycles. The van der Waals surface area contributed by atoms with Crippen molar-refractivity contribution >= 4 is 28.5 Å². The quantitative estimate of drug-likeness (QED) is 0.360. The zero-order valence-corrected chi connectivity index (χ0v) is 18.3. The first kappa shape index (κ1) is 18.9. The highest BCUT2D eigenvalue weighted by atomic mass is 16.1. The normalized spacial score (nSPS) is 13.7. The molecule has 32 heavy (non-hydrogen) atoms. The number of carbonyl (C=O) groups excluding carboxylic acids is 1. The van der Waals surface area contributed by atoms with Crippen molar-refractivity contribution in [3.63, 3.8) is 0 Å². The molecular weight excluding hydrogens is 392 g/mol. The molecule has 0 N–H and O–H groups in total. The molecule has 2 aliphatic rings. The molecule has 4 aromatic rings. The molecule has 0 bridgehead atoms. The van der Waals surface area contributed by atoms with Gasteiger partial charge in [0.15, 0.2) is 5.78 Å². The van der Waals surface area contributed by atoms with Crippen LogP contribution in [0.25, 0.3) is 0 Å². The summed E-state index contributed by atoms with van der Waals surface area (Å²) in [6.45, 7) is 0. The SMILES string of the molecule is CN1c2ccccc2Cc2c(C(=O)c3cccc4c3Cc3ccccc3N4C)cccc21. The Labute approximate surface area is 188 Å². The molecule has 0 atom stereocenters. The van der Waals surface area contributed by atoms with Gasteiger partial charge in [-0.25, -0.2) is 0 Å². The van der Waals surface area contributed by atoms with E-state index in [-0.39, 0.29) is 5.78 Å². The highest BCUT2D eigenvalue weighted by Crippen LogP contribution is 2.42. The van der Waals surface area contributed by atoms with Gasteiger partial charge in [0.05, 0.1) is 0 Å². The standard InChI is InChI=1S/C29H24N2O/c1-30-25-13-5-3-9-19(25)17-23-21(11-7-15-27(23)30)29(32)22-12-8-16-28-24(22)18-20-10-4-6-14-26(20)31(28)2/h3-16H,17-18H2,1-2H3. The summed E-state index contributed by atoms with van der Waals surface area (Å²) in [4.78, 5) is 18.4. The van der Waals surface area contributed by atoms with Crippen LogP contribution in [0.5, 0.6) is 0 Å². The van der Waals surface area contributed by atoms with Gasteiger partial charge in [-0.1, -0.05) is 60.7 Å². The molecule has 2 heterocycles. The maximum Gasteiger partial charge on any atom is 0.193 e. The first-order valence-corrected chi connectivity index (χ1v) is 11.0. The lowest BCUT2D eigenvalue weighted by molar-refractivity contribution is 0.103. The summed E-state index contributed by atoms with van der Waals surface area (Å²) in [6, 6.07) is 29.1. The molecule has 0 saturated heterocycles. The van der Waals surface area contributed by atoms with Crippen molar-refractivity contribution in [1.82, 2.24) is 0 Å². The Kier molecular flexibility index (Phi) is 4.19. The van der Waals surface area contributed by atoms with E-state index in [9.17, 15) is 4.79 Å². The van der Waals surface area contributed by atoms with E-state index in [1.165, 1.54) is 22.5 Å². The Morgan fingerprint density at radius 3 is 1.44 bits per heavy atom. The van der Waals surface area contributed by atoms with Gasteiger partial charge in [0.1, 0.15) is 0 Å². The fourth-order valence-corrected chi connectivity index (χ4v) is 5.34. The molecule has 0 amide bonds. The number of fused-ring (bicyclic) bond motifs is 4. The Morgan fingerprint density at radius 1 is 0.562 bits per heavy atom. The number of para-hydroxylation sites is 2. The molecule has 0 fully saturated rings. The van der Waals surface area contributed by atoms with Gasteiger partial charge in [-0.3, -0.25) is 4.79 Å². The molecule has 4 aromatic carbocycles. The van der Waals surface area contributed by atoms with Crippen LogP contribution < -0.4 is 9.80 Å². The van der Waals surface area contributed by atoms with Crippen LogP contribution in [0, 0.1) is 0 Å². The van der Waals surface area contributed by atoms with E-state index in [2.05, 4.69) is 84.6 Å². The Balaban J connectivity index is 1.47. The van der Waals surface area contributed by atoms with Gasteiger partial charge in [0.25, 0.3) is 0 Å². The molecule has 0 radical (unpaired) electrons. The minimum Gasteiger partial charge on any atom is -0.344 e. The number of ketones is 1. The maximum absolute atomic E-state index is 14.0. The fourth-order valence-electron chi connectivity index (χ4n) is 5.34. The predicted octanol–water partition coefficient (Wildman–Crippen LogP) is 6.26. The van der Waals surface area contributed by atoms with Crippen LogP contribution in [0.2, 0.25) is 0 Å². The van der Waals surface area contributed by atoms with Crippen molar-refractivity contribution in [2.75, 3.05) is 23.9 Å². The molecule has 0 unspecified atom stereocenters.